The van der Waals surface area contributed by atoms with Crippen molar-refractivity contribution in [1.29, 1.82) is 5.26 Å². The van der Waals surface area contributed by atoms with Crippen LogP contribution in [0.1, 0.15) is 5.69 Å². The van der Waals surface area contributed by atoms with Crippen molar-refractivity contribution in [1.82, 2.24) is 15.0 Å². The third-order valence-electron chi connectivity index (χ3n) is 2.03. The van der Waals surface area contributed by atoms with Gasteiger partial charge in [-0.05, 0) is 12.1 Å². The summed E-state index contributed by atoms with van der Waals surface area (Å²) < 4.78 is 26.3. The molecule has 2 aromatic heterocycles. The molecule has 2 aromatic rings. The van der Waals surface area contributed by atoms with Crippen LogP contribution < -0.4 is 4.72 Å². The molecule has 0 bridgehead atoms. The summed E-state index contributed by atoms with van der Waals surface area (Å²) in [6, 6.07) is 4.40. The van der Waals surface area contributed by atoms with Crippen molar-refractivity contribution in [3.05, 3.63) is 41.6 Å². The first-order valence-corrected chi connectivity index (χ1v) is 6.74. The highest BCUT2D eigenvalue weighted by Crippen LogP contribution is 2.16. The largest absolute Gasteiger partial charge is 0.265 e. The van der Waals surface area contributed by atoms with Gasteiger partial charge < -0.3 is 0 Å². The van der Waals surface area contributed by atoms with Gasteiger partial charge in [0.05, 0.1) is 12.4 Å². The average molecular weight is 296 g/mol. The zero-order chi connectivity index (χ0) is 13.9. The smallest absolute Gasteiger partial charge is 0.262 e. The first-order valence-electron chi connectivity index (χ1n) is 4.88. The van der Waals surface area contributed by atoms with Crippen LogP contribution in [0.3, 0.4) is 0 Å². The van der Waals surface area contributed by atoms with Gasteiger partial charge in [-0.1, -0.05) is 11.6 Å². The fourth-order valence-corrected chi connectivity index (χ4v) is 2.45. The summed E-state index contributed by atoms with van der Waals surface area (Å²) in [5, 5.41) is 8.97. The molecule has 0 amide bonds. The fourth-order valence-electron chi connectivity index (χ4n) is 1.25. The van der Waals surface area contributed by atoms with E-state index in [2.05, 4.69) is 19.7 Å². The van der Waals surface area contributed by atoms with Gasteiger partial charge in [0.2, 0.25) is 0 Å². The third kappa shape index (κ3) is 2.96. The topological polar surface area (TPSA) is 109 Å². The number of nitrogens with one attached hydrogen (secondary N) is 1. The number of hydrogen-bond donors (Lipinski definition) is 1. The van der Waals surface area contributed by atoms with E-state index in [1.165, 1.54) is 30.7 Å². The highest BCUT2D eigenvalue weighted by Gasteiger charge is 2.19. The molecule has 0 atom stereocenters. The van der Waals surface area contributed by atoms with E-state index in [-0.39, 0.29) is 21.6 Å². The second kappa shape index (κ2) is 5.17. The molecule has 0 radical (unpaired) electrons. The summed E-state index contributed by atoms with van der Waals surface area (Å²) in [5.74, 6) is -0.00265. The normalized spacial score (nSPS) is 10.7. The molecule has 0 spiro atoms. The van der Waals surface area contributed by atoms with Crippen molar-refractivity contribution in [2.45, 2.75) is 4.90 Å². The zero-order valence-corrected chi connectivity index (χ0v) is 10.9. The van der Waals surface area contributed by atoms with E-state index >= 15 is 0 Å². The SMILES string of the molecule is N#Cc1ncccc1S(=O)(=O)Nc1cnc(Cl)cn1. The molecule has 0 fully saturated rings. The van der Waals surface area contributed by atoms with Crippen molar-refractivity contribution < 1.29 is 8.42 Å². The number of pyridine rings is 1. The number of sulfonamides is 1. The van der Waals surface area contributed by atoms with Crippen LogP contribution in [-0.2, 0) is 10.0 Å². The maximum Gasteiger partial charge on any atom is 0.265 e. The second-order valence-corrected chi connectivity index (χ2v) is 5.33. The zero-order valence-electron chi connectivity index (χ0n) is 9.28. The van der Waals surface area contributed by atoms with E-state index in [1.807, 2.05) is 0 Å². The number of anilines is 1. The molecule has 0 aliphatic heterocycles. The lowest BCUT2D eigenvalue weighted by Gasteiger charge is -2.07. The molecular weight excluding hydrogens is 290 g/mol. The predicted molar refractivity (Wildman–Crippen MR) is 66.8 cm³/mol. The average Bonchev–Trinajstić information content (AvgIpc) is 2.41. The number of aromatic nitrogens is 3. The van der Waals surface area contributed by atoms with Gasteiger partial charge in [-0.3, -0.25) is 4.72 Å². The molecule has 2 rings (SSSR count). The Kier molecular flexibility index (Phi) is 3.59. The van der Waals surface area contributed by atoms with Gasteiger partial charge >= 0.3 is 0 Å². The molecule has 0 unspecified atom stereocenters. The van der Waals surface area contributed by atoms with Crippen LogP contribution in [0.4, 0.5) is 5.82 Å². The lowest BCUT2D eigenvalue weighted by molar-refractivity contribution is 0.600. The lowest BCUT2D eigenvalue weighted by atomic mass is 10.4. The summed E-state index contributed by atoms with van der Waals surface area (Å²) in [6.45, 7) is 0. The predicted octanol–water partition coefficient (Wildman–Crippen LogP) is 1.20. The van der Waals surface area contributed by atoms with E-state index < -0.39 is 10.0 Å². The van der Waals surface area contributed by atoms with Crippen LogP contribution >= 0.6 is 11.6 Å². The Hall–Kier alpha value is -2.24. The van der Waals surface area contributed by atoms with Crippen LogP contribution in [0.25, 0.3) is 0 Å². The Morgan fingerprint density at radius 2 is 2.05 bits per heavy atom. The maximum atomic E-state index is 12.1. The van der Waals surface area contributed by atoms with Crippen molar-refractivity contribution in [2.75, 3.05) is 4.72 Å². The van der Waals surface area contributed by atoms with Crippen molar-refractivity contribution in [2.24, 2.45) is 0 Å². The van der Waals surface area contributed by atoms with Crippen molar-refractivity contribution in [3.8, 4) is 6.07 Å². The van der Waals surface area contributed by atoms with Gasteiger partial charge in [0, 0.05) is 6.20 Å². The van der Waals surface area contributed by atoms with E-state index in [1.54, 1.807) is 6.07 Å². The minimum absolute atomic E-state index is 0.00265. The summed E-state index contributed by atoms with van der Waals surface area (Å²) in [4.78, 5) is 10.9. The Balaban J connectivity index is 2.38. The van der Waals surface area contributed by atoms with Crippen molar-refractivity contribution >= 4 is 27.4 Å². The minimum Gasteiger partial charge on any atom is -0.262 e. The minimum atomic E-state index is -3.95. The number of nitrogens with zero attached hydrogens (tertiary/aromatic N) is 4. The first kappa shape index (κ1) is 13.2. The van der Waals surface area contributed by atoms with Gasteiger partial charge in [0.1, 0.15) is 16.1 Å². The Bertz CT molecular complexity index is 739. The molecule has 9 heteroatoms. The molecule has 0 saturated heterocycles. The Morgan fingerprint density at radius 1 is 1.26 bits per heavy atom. The summed E-state index contributed by atoms with van der Waals surface area (Å²) in [5.41, 5.74) is -0.197. The monoisotopic (exact) mass is 295 g/mol. The van der Waals surface area contributed by atoms with Gasteiger partial charge in [0.15, 0.2) is 11.5 Å². The maximum absolute atomic E-state index is 12.1. The molecule has 7 nitrogen and oxygen atoms in total. The number of halogens is 1. The Morgan fingerprint density at radius 3 is 2.68 bits per heavy atom. The van der Waals surface area contributed by atoms with Gasteiger partial charge in [-0.15, -0.1) is 0 Å². The van der Waals surface area contributed by atoms with Crippen LogP contribution in [0, 0.1) is 11.3 Å². The van der Waals surface area contributed by atoms with Gasteiger partial charge in [-0.25, -0.2) is 23.4 Å². The van der Waals surface area contributed by atoms with E-state index in [9.17, 15) is 8.42 Å². The third-order valence-corrected chi connectivity index (χ3v) is 3.61. The molecule has 0 aliphatic rings. The lowest BCUT2D eigenvalue weighted by Crippen LogP contribution is -2.16. The number of nitriles is 1. The van der Waals surface area contributed by atoms with E-state index in [4.69, 9.17) is 16.9 Å². The van der Waals surface area contributed by atoms with Gasteiger partial charge in [0.25, 0.3) is 10.0 Å². The molecule has 2 heterocycles. The van der Waals surface area contributed by atoms with Crippen LogP contribution in [-0.4, -0.2) is 23.4 Å². The summed E-state index contributed by atoms with van der Waals surface area (Å²) >= 11 is 5.54. The molecule has 0 saturated carbocycles. The summed E-state index contributed by atoms with van der Waals surface area (Å²) in [6.07, 6.45) is 3.70. The highest BCUT2D eigenvalue weighted by molar-refractivity contribution is 7.92. The Labute approximate surface area is 114 Å². The molecule has 0 aromatic carbocycles. The quantitative estimate of drug-likeness (QED) is 0.911. The second-order valence-electron chi connectivity index (χ2n) is 3.29. The number of rotatable bonds is 3. The van der Waals surface area contributed by atoms with Crippen LogP contribution in [0.15, 0.2) is 35.6 Å². The first-order chi connectivity index (χ1) is 9.03. The standard InChI is InChI=1S/C10H6ClN5O2S/c11-9-5-15-10(6-14-9)16-19(17,18)8-2-1-3-13-7(8)4-12/h1-3,5-6H,(H,15,16). The molecular formula is C10H6ClN5O2S. The highest BCUT2D eigenvalue weighted by atomic mass is 35.5. The number of hydrogen-bond acceptors (Lipinski definition) is 6. The van der Waals surface area contributed by atoms with E-state index in [0.717, 1.165) is 0 Å². The molecule has 0 aliphatic carbocycles. The van der Waals surface area contributed by atoms with Crippen molar-refractivity contribution in [3.63, 3.8) is 0 Å². The molecule has 19 heavy (non-hydrogen) atoms. The van der Waals surface area contributed by atoms with E-state index in [0.29, 0.717) is 0 Å². The fraction of sp³-hybridized carbons (Fsp3) is 0. The molecule has 1 N–H and O–H groups in total. The van der Waals surface area contributed by atoms with Crippen LogP contribution in [0.2, 0.25) is 5.15 Å². The van der Waals surface area contributed by atoms with Gasteiger partial charge in [-0.2, -0.15) is 5.26 Å². The molecule has 96 valence electrons. The summed E-state index contributed by atoms with van der Waals surface area (Å²) in [7, 11) is -3.95. The van der Waals surface area contributed by atoms with Crippen LogP contribution in [0.5, 0.6) is 0 Å².